The lowest BCUT2D eigenvalue weighted by Gasteiger charge is -2.21. The van der Waals surface area contributed by atoms with Crippen molar-refractivity contribution in [3.8, 4) is 0 Å². The molecule has 1 aromatic heterocycles. The van der Waals surface area contributed by atoms with E-state index < -0.39 is 26.2 Å². The molecule has 0 aliphatic rings. The van der Waals surface area contributed by atoms with E-state index in [0.29, 0.717) is 4.90 Å². The van der Waals surface area contributed by atoms with Crippen molar-refractivity contribution in [2.24, 2.45) is 0 Å². The summed E-state index contributed by atoms with van der Waals surface area (Å²) in [5, 5.41) is 2.11. The average Bonchev–Trinajstić information content (AvgIpc) is 2.77. The maximum absolute atomic E-state index is 13.3. The molecular formula is C17H26BrNO2SSi2. The average molecular weight is 445 g/mol. The third kappa shape index (κ3) is 3.64. The lowest BCUT2D eigenvalue weighted by atomic mass is 10.2. The molecule has 0 spiro atoms. The monoisotopic (exact) mass is 443 g/mol. The Labute approximate surface area is 156 Å². The molecule has 3 nitrogen and oxygen atoms in total. The Morgan fingerprint density at radius 3 is 1.83 bits per heavy atom. The summed E-state index contributed by atoms with van der Waals surface area (Å²) < 4.78 is 29.1. The van der Waals surface area contributed by atoms with Crippen LogP contribution in [0.4, 0.5) is 0 Å². The second kappa shape index (κ2) is 6.26. The van der Waals surface area contributed by atoms with Crippen LogP contribution in [0.15, 0.2) is 39.8 Å². The van der Waals surface area contributed by atoms with E-state index in [0.717, 1.165) is 20.5 Å². The van der Waals surface area contributed by atoms with Gasteiger partial charge in [-0.15, -0.1) is 0 Å². The SMILES string of the molecule is Cc1ccc(S(=O)(=O)n2cc([Si](C)(C)C)c(Br)c2[Si](C)(C)C)cc1. The topological polar surface area (TPSA) is 39.1 Å². The number of hydrogen-bond donors (Lipinski definition) is 0. The van der Waals surface area contributed by atoms with Crippen LogP contribution in [-0.2, 0) is 10.0 Å². The van der Waals surface area contributed by atoms with Crippen LogP contribution in [0.1, 0.15) is 5.56 Å². The molecule has 7 heteroatoms. The van der Waals surface area contributed by atoms with E-state index in [1.54, 1.807) is 16.1 Å². The van der Waals surface area contributed by atoms with Gasteiger partial charge in [-0.3, -0.25) is 0 Å². The van der Waals surface area contributed by atoms with Crippen molar-refractivity contribution in [3.63, 3.8) is 0 Å². The fourth-order valence-electron chi connectivity index (χ4n) is 2.66. The molecule has 0 amide bonds. The molecule has 2 aromatic rings. The second-order valence-electron chi connectivity index (χ2n) is 8.32. The van der Waals surface area contributed by atoms with Crippen LogP contribution >= 0.6 is 15.9 Å². The summed E-state index contributed by atoms with van der Waals surface area (Å²) in [5.74, 6) is 0. The first kappa shape index (κ1) is 19.7. The molecule has 1 heterocycles. The minimum atomic E-state index is -3.59. The van der Waals surface area contributed by atoms with Gasteiger partial charge in [-0.2, -0.15) is 0 Å². The van der Waals surface area contributed by atoms with Crippen molar-refractivity contribution in [3.05, 3.63) is 40.5 Å². The van der Waals surface area contributed by atoms with Gasteiger partial charge >= 0.3 is 0 Å². The molecule has 1 aromatic carbocycles. The zero-order chi connectivity index (χ0) is 18.5. The maximum atomic E-state index is 13.3. The van der Waals surface area contributed by atoms with Crippen molar-refractivity contribution in [2.45, 2.75) is 51.1 Å². The van der Waals surface area contributed by atoms with Gasteiger partial charge < -0.3 is 0 Å². The number of nitrogens with zero attached hydrogens (tertiary/aromatic N) is 1. The number of rotatable bonds is 4. The first-order valence-electron chi connectivity index (χ1n) is 8.00. The number of hydrogen-bond acceptors (Lipinski definition) is 2. The highest BCUT2D eigenvalue weighted by Crippen LogP contribution is 2.22. The molecule has 0 fully saturated rings. The van der Waals surface area contributed by atoms with Gasteiger partial charge in [0.2, 0.25) is 0 Å². The van der Waals surface area contributed by atoms with E-state index in [2.05, 4.69) is 55.2 Å². The fourth-order valence-corrected chi connectivity index (χ4v) is 12.1. The Balaban J connectivity index is 2.80. The van der Waals surface area contributed by atoms with Crippen LogP contribution < -0.4 is 10.5 Å². The van der Waals surface area contributed by atoms with E-state index in [1.807, 2.05) is 25.3 Å². The molecular weight excluding hydrogens is 418 g/mol. The van der Waals surface area contributed by atoms with E-state index >= 15 is 0 Å². The lowest BCUT2D eigenvalue weighted by Crippen LogP contribution is -2.46. The van der Waals surface area contributed by atoms with Crippen LogP contribution in [0.5, 0.6) is 0 Å². The van der Waals surface area contributed by atoms with Crippen LogP contribution in [0.25, 0.3) is 0 Å². The summed E-state index contributed by atoms with van der Waals surface area (Å²) in [6.07, 6.45) is 1.86. The van der Waals surface area contributed by atoms with Crippen molar-refractivity contribution in [1.29, 1.82) is 0 Å². The Morgan fingerprint density at radius 1 is 0.917 bits per heavy atom. The molecule has 0 unspecified atom stereocenters. The largest absolute Gasteiger partial charge is 0.267 e. The van der Waals surface area contributed by atoms with Crippen molar-refractivity contribution >= 4 is 52.6 Å². The maximum Gasteiger partial charge on any atom is 0.267 e. The van der Waals surface area contributed by atoms with Gasteiger partial charge in [0.05, 0.1) is 13.0 Å². The smallest absolute Gasteiger partial charge is 0.249 e. The van der Waals surface area contributed by atoms with Gasteiger partial charge in [-0.25, -0.2) is 12.4 Å². The molecule has 0 saturated heterocycles. The first-order chi connectivity index (χ1) is 10.8. The second-order valence-corrected chi connectivity index (χ2v) is 20.9. The zero-order valence-corrected chi connectivity index (χ0v) is 19.8. The number of halogens is 1. The Morgan fingerprint density at radius 2 is 1.42 bits per heavy atom. The van der Waals surface area contributed by atoms with Crippen molar-refractivity contribution in [1.82, 2.24) is 3.97 Å². The van der Waals surface area contributed by atoms with Gasteiger partial charge in [-0.1, -0.05) is 57.0 Å². The molecule has 0 bridgehead atoms. The van der Waals surface area contributed by atoms with E-state index in [1.165, 1.54) is 0 Å². The molecule has 132 valence electrons. The highest BCUT2D eigenvalue weighted by Gasteiger charge is 2.35. The van der Waals surface area contributed by atoms with Gasteiger partial charge in [0, 0.05) is 16.0 Å². The van der Waals surface area contributed by atoms with Crippen LogP contribution in [0.2, 0.25) is 39.3 Å². The van der Waals surface area contributed by atoms with E-state index in [4.69, 9.17) is 0 Å². The minimum Gasteiger partial charge on any atom is -0.249 e. The molecule has 0 aliphatic heterocycles. The third-order valence-electron chi connectivity index (χ3n) is 4.01. The lowest BCUT2D eigenvalue weighted by molar-refractivity contribution is 0.588. The van der Waals surface area contributed by atoms with Gasteiger partial charge in [-0.05, 0) is 40.2 Å². The van der Waals surface area contributed by atoms with Crippen LogP contribution in [0.3, 0.4) is 0 Å². The first-order valence-corrected chi connectivity index (χ1v) is 17.2. The molecule has 0 aliphatic carbocycles. The Hall–Kier alpha value is -0.636. The van der Waals surface area contributed by atoms with Crippen molar-refractivity contribution in [2.75, 3.05) is 0 Å². The van der Waals surface area contributed by atoms with Crippen LogP contribution in [0, 0.1) is 6.92 Å². The quantitative estimate of drug-likeness (QED) is 0.672. The summed E-state index contributed by atoms with van der Waals surface area (Å²) >= 11 is 3.73. The van der Waals surface area contributed by atoms with Gasteiger partial charge in [0.1, 0.15) is 8.07 Å². The predicted octanol–water partition coefficient (Wildman–Crippen LogP) is 3.89. The van der Waals surface area contributed by atoms with Gasteiger partial charge in [0.25, 0.3) is 10.0 Å². The summed E-state index contributed by atoms with van der Waals surface area (Å²) in [6.45, 7) is 15.2. The van der Waals surface area contributed by atoms with E-state index in [9.17, 15) is 8.42 Å². The van der Waals surface area contributed by atoms with Gasteiger partial charge in [0.15, 0.2) is 0 Å². The highest BCUT2D eigenvalue weighted by molar-refractivity contribution is 9.10. The third-order valence-corrected chi connectivity index (χ3v) is 11.3. The highest BCUT2D eigenvalue weighted by atomic mass is 79.9. The molecule has 0 radical (unpaired) electrons. The summed E-state index contributed by atoms with van der Waals surface area (Å²) in [4.78, 5) is 0.345. The molecule has 2 rings (SSSR count). The fraction of sp³-hybridized carbons (Fsp3) is 0.412. The number of benzene rings is 1. The zero-order valence-electron chi connectivity index (χ0n) is 15.4. The summed E-state index contributed by atoms with van der Waals surface area (Å²) in [7, 11) is -7.13. The Kier molecular flexibility index (Phi) is 5.14. The molecule has 0 saturated carbocycles. The molecule has 0 N–H and O–H groups in total. The predicted molar refractivity (Wildman–Crippen MR) is 112 cm³/mol. The summed E-state index contributed by atoms with van der Waals surface area (Å²) in [6, 6.07) is 7.08. The Bertz CT molecular complexity index is 858. The molecule has 0 atom stereocenters. The summed E-state index contributed by atoms with van der Waals surface area (Å²) in [5.41, 5.74) is 1.05. The van der Waals surface area contributed by atoms with E-state index in [-0.39, 0.29) is 0 Å². The standard InChI is InChI=1S/C17H26BrNO2SSi2/c1-13-8-10-14(11-9-13)22(20,21)19-12-15(23(2,3)4)16(18)17(19)24(5,6)7/h8-12H,1-7H3. The molecule has 24 heavy (non-hydrogen) atoms. The minimum absolute atomic E-state index is 0.345. The van der Waals surface area contributed by atoms with Crippen molar-refractivity contribution < 1.29 is 8.42 Å². The number of aromatic nitrogens is 1. The van der Waals surface area contributed by atoms with Crippen LogP contribution in [-0.4, -0.2) is 28.5 Å². The number of aryl methyl sites for hydroxylation is 1. The normalized spacial score (nSPS) is 13.3.